The molecule has 0 saturated carbocycles. The van der Waals surface area contributed by atoms with Crippen molar-refractivity contribution in [2.24, 2.45) is 0 Å². The summed E-state index contributed by atoms with van der Waals surface area (Å²) in [7, 11) is -3.50. The predicted molar refractivity (Wildman–Crippen MR) is 114 cm³/mol. The zero-order valence-electron chi connectivity index (χ0n) is 17.7. The number of nitrogens with one attached hydrogen (secondary N) is 1. The molecule has 2 N–H and O–H groups in total. The summed E-state index contributed by atoms with van der Waals surface area (Å²) in [6, 6.07) is 7.74. The van der Waals surface area contributed by atoms with Gasteiger partial charge >= 0.3 is 6.18 Å². The highest BCUT2D eigenvalue weighted by atomic mass is 32.2. The molecule has 9 nitrogen and oxygen atoms in total. The van der Waals surface area contributed by atoms with Gasteiger partial charge in [-0.3, -0.25) is 4.84 Å². The standard InChI is InChI=1S/C20H24F3N5O4S/c1-33(30,31)27-9-7-17(29)15(12-27)25-19-24-11-14(20(21,22)23)18(26-19)28-16(8-10-32-28)13-5-3-2-4-6-13/h2-6,11,15-17,29H,7-10,12H2,1H3,(H,24,25,26)/t15-,16+,17-/m1/s1. The van der Waals surface area contributed by atoms with Crippen LogP contribution in [0.3, 0.4) is 0 Å². The van der Waals surface area contributed by atoms with Crippen LogP contribution in [-0.4, -0.2) is 65.9 Å². The molecule has 2 aliphatic rings. The largest absolute Gasteiger partial charge is 0.421 e. The van der Waals surface area contributed by atoms with Crippen LogP contribution in [-0.2, 0) is 21.0 Å². The molecular weight excluding hydrogens is 463 g/mol. The van der Waals surface area contributed by atoms with Crippen LogP contribution in [0.2, 0.25) is 0 Å². The maximum absolute atomic E-state index is 13.8. The van der Waals surface area contributed by atoms with Crippen LogP contribution in [0.15, 0.2) is 36.5 Å². The van der Waals surface area contributed by atoms with Gasteiger partial charge in [-0.1, -0.05) is 30.3 Å². The zero-order valence-corrected chi connectivity index (χ0v) is 18.6. The molecule has 33 heavy (non-hydrogen) atoms. The first-order valence-electron chi connectivity index (χ1n) is 10.3. The summed E-state index contributed by atoms with van der Waals surface area (Å²) in [4.78, 5) is 13.4. The summed E-state index contributed by atoms with van der Waals surface area (Å²) in [6.07, 6.45) is -3.28. The number of benzene rings is 1. The van der Waals surface area contributed by atoms with Crippen molar-refractivity contribution in [1.82, 2.24) is 14.3 Å². The number of sulfonamides is 1. The Morgan fingerprint density at radius 1 is 1.21 bits per heavy atom. The third-order valence-corrected chi connectivity index (χ3v) is 6.96. The average molecular weight is 488 g/mol. The van der Waals surface area contributed by atoms with Crippen LogP contribution in [0.4, 0.5) is 24.9 Å². The van der Waals surface area contributed by atoms with Gasteiger partial charge in [0.15, 0.2) is 5.82 Å². The summed E-state index contributed by atoms with van der Waals surface area (Å²) in [5, 5.41) is 14.3. The van der Waals surface area contributed by atoms with Crippen molar-refractivity contribution in [1.29, 1.82) is 0 Å². The molecule has 2 aromatic rings. The molecule has 0 radical (unpaired) electrons. The SMILES string of the molecule is CS(=O)(=O)N1CC[C@@H](O)[C@H](Nc2ncc(C(F)(F)F)c(N3OCC[C@H]3c3ccccc3)n2)C1. The zero-order chi connectivity index (χ0) is 23.8. The molecule has 0 amide bonds. The number of anilines is 2. The van der Waals surface area contributed by atoms with Crippen LogP contribution in [0, 0.1) is 0 Å². The lowest BCUT2D eigenvalue weighted by Gasteiger charge is -2.35. The first-order valence-corrected chi connectivity index (χ1v) is 12.2. The molecule has 2 aliphatic heterocycles. The molecule has 3 heterocycles. The normalized spacial score (nSPS) is 24.8. The second kappa shape index (κ2) is 9.05. The van der Waals surface area contributed by atoms with E-state index in [1.807, 2.05) is 6.07 Å². The third-order valence-electron chi connectivity index (χ3n) is 5.69. The molecule has 0 unspecified atom stereocenters. The summed E-state index contributed by atoms with van der Waals surface area (Å²) in [5.41, 5.74) is -0.277. The van der Waals surface area contributed by atoms with Crippen molar-refractivity contribution < 1.29 is 31.5 Å². The van der Waals surface area contributed by atoms with Gasteiger partial charge in [-0.15, -0.1) is 0 Å². The molecule has 0 bridgehead atoms. The van der Waals surface area contributed by atoms with E-state index >= 15 is 0 Å². The summed E-state index contributed by atoms with van der Waals surface area (Å²) >= 11 is 0. The van der Waals surface area contributed by atoms with Gasteiger partial charge in [-0.05, 0) is 12.0 Å². The first kappa shape index (κ1) is 23.7. The minimum atomic E-state index is -4.72. The number of nitrogens with zero attached hydrogens (tertiary/aromatic N) is 4. The lowest BCUT2D eigenvalue weighted by Crippen LogP contribution is -2.52. The quantitative estimate of drug-likeness (QED) is 0.661. The molecule has 13 heteroatoms. The van der Waals surface area contributed by atoms with Crippen LogP contribution in [0.1, 0.15) is 30.0 Å². The highest BCUT2D eigenvalue weighted by Gasteiger charge is 2.41. The van der Waals surface area contributed by atoms with Gasteiger partial charge in [0.2, 0.25) is 16.0 Å². The Hall–Kier alpha value is -2.48. The number of aliphatic hydroxyl groups is 1. The number of aliphatic hydroxyl groups excluding tert-OH is 1. The fourth-order valence-corrected chi connectivity index (χ4v) is 4.85. The lowest BCUT2D eigenvalue weighted by molar-refractivity contribution is -0.138. The van der Waals surface area contributed by atoms with E-state index in [9.17, 15) is 26.7 Å². The van der Waals surface area contributed by atoms with E-state index in [1.165, 1.54) is 4.31 Å². The highest BCUT2D eigenvalue weighted by Crippen LogP contribution is 2.41. The minimum absolute atomic E-state index is 0.0629. The van der Waals surface area contributed by atoms with E-state index in [1.54, 1.807) is 24.3 Å². The van der Waals surface area contributed by atoms with Crippen LogP contribution in [0.5, 0.6) is 0 Å². The molecular formula is C20H24F3N5O4S. The van der Waals surface area contributed by atoms with Gasteiger partial charge in [0.1, 0.15) is 5.56 Å². The van der Waals surface area contributed by atoms with Crippen molar-refractivity contribution in [3.05, 3.63) is 47.7 Å². The van der Waals surface area contributed by atoms with Crippen LogP contribution >= 0.6 is 0 Å². The third kappa shape index (κ3) is 5.21. The molecule has 1 aromatic carbocycles. The molecule has 2 saturated heterocycles. The van der Waals surface area contributed by atoms with E-state index in [4.69, 9.17) is 4.84 Å². The van der Waals surface area contributed by atoms with E-state index in [2.05, 4.69) is 15.3 Å². The molecule has 0 spiro atoms. The summed E-state index contributed by atoms with van der Waals surface area (Å²) < 4.78 is 66.3. The number of hydrogen-bond donors (Lipinski definition) is 2. The predicted octanol–water partition coefficient (Wildman–Crippen LogP) is 2.19. The average Bonchev–Trinajstić information content (AvgIpc) is 3.24. The molecule has 180 valence electrons. The number of piperidine rings is 1. The Morgan fingerprint density at radius 2 is 1.94 bits per heavy atom. The number of alkyl halides is 3. The number of halogens is 3. The smallest absolute Gasteiger partial charge is 0.391 e. The molecule has 3 atom stereocenters. The van der Waals surface area contributed by atoms with Gasteiger partial charge in [-0.2, -0.15) is 22.5 Å². The number of aromatic nitrogens is 2. The van der Waals surface area contributed by atoms with Gasteiger partial charge in [0, 0.05) is 25.7 Å². The van der Waals surface area contributed by atoms with Crippen LogP contribution < -0.4 is 10.4 Å². The molecule has 2 fully saturated rings. The van der Waals surface area contributed by atoms with E-state index in [-0.39, 0.29) is 32.1 Å². The summed E-state index contributed by atoms with van der Waals surface area (Å²) in [5.74, 6) is -0.615. The Morgan fingerprint density at radius 3 is 2.61 bits per heavy atom. The number of hydrogen-bond acceptors (Lipinski definition) is 8. The fraction of sp³-hybridized carbons (Fsp3) is 0.500. The van der Waals surface area contributed by atoms with E-state index in [0.717, 1.165) is 16.9 Å². The second-order valence-electron chi connectivity index (χ2n) is 8.03. The van der Waals surface area contributed by atoms with Crippen molar-refractivity contribution in [2.75, 3.05) is 36.3 Å². The van der Waals surface area contributed by atoms with Gasteiger partial charge < -0.3 is 10.4 Å². The molecule has 1 aromatic heterocycles. The number of hydroxylamine groups is 1. The monoisotopic (exact) mass is 487 g/mol. The van der Waals surface area contributed by atoms with Crippen molar-refractivity contribution >= 4 is 21.8 Å². The van der Waals surface area contributed by atoms with Crippen molar-refractivity contribution in [3.63, 3.8) is 0 Å². The maximum Gasteiger partial charge on any atom is 0.421 e. The van der Waals surface area contributed by atoms with Crippen molar-refractivity contribution in [3.8, 4) is 0 Å². The molecule has 0 aliphatic carbocycles. The van der Waals surface area contributed by atoms with Gasteiger partial charge in [-0.25, -0.2) is 18.5 Å². The molecule has 4 rings (SSSR count). The van der Waals surface area contributed by atoms with Crippen molar-refractivity contribution in [2.45, 2.75) is 37.2 Å². The minimum Gasteiger partial charge on any atom is -0.391 e. The fourth-order valence-electron chi connectivity index (χ4n) is 3.98. The Bertz CT molecular complexity index is 1090. The van der Waals surface area contributed by atoms with E-state index in [0.29, 0.717) is 12.6 Å². The second-order valence-corrected chi connectivity index (χ2v) is 10.0. The summed E-state index contributed by atoms with van der Waals surface area (Å²) in [6.45, 7) is 0.304. The van der Waals surface area contributed by atoms with E-state index < -0.39 is 45.8 Å². The topological polar surface area (TPSA) is 108 Å². The van der Waals surface area contributed by atoms with Gasteiger partial charge in [0.05, 0.1) is 31.1 Å². The first-order chi connectivity index (χ1) is 15.5. The number of rotatable bonds is 5. The Kier molecular flexibility index (Phi) is 6.49. The van der Waals surface area contributed by atoms with Gasteiger partial charge in [0.25, 0.3) is 0 Å². The lowest BCUT2D eigenvalue weighted by atomic mass is 10.0. The van der Waals surface area contributed by atoms with Crippen LogP contribution in [0.25, 0.3) is 0 Å². The Balaban J connectivity index is 1.66. The highest BCUT2D eigenvalue weighted by molar-refractivity contribution is 7.88. The Labute approximate surface area is 189 Å². The maximum atomic E-state index is 13.8.